The Morgan fingerprint density at radius 2 is 1.80 bits per heavy atom. The zero-order valence-electron chi connectivity index (χ0n) is 13.3. The average Bonchev–Trinajstić information content (AvgIpc) is 2.49. The molecule has 0 aromatic heterocycles. The maximum atomic E-state index is 9.92. The Bertz CT molecular complexity index is 220. The molecule has 0 saturated heterocycles. The second-order valence-corrected chi connectivity index (χ2v) is 5.75. The van der Waals surface area contributed by atoms with Crippen LogP contribution in [0.5, 0.6) is 0 Å². The second kappa shape index (κ2) is 11.5. The average molecular weight is 287 g/mol. The number of nitrogens with one attached hydrogen (secondary N) is 1. The number of hydrogen-bond donors (Lipinski definition) is 2. The van der Waals surface area contributed by atoms with E-state index in [1.165, 1.54) is 32.1 Å². The number of aliphatic hydroxyl groups is 1. The molecule has 20 heavy (non-hydrogen) atoms. The smallest absolute Gasteiger partial charge is 0.0897 e. The van der Waals surface area contributed by atoms with Crippen LogP contribution < -0.4 is 5.32 Å². The van der Waals surface area contributed by atoms with Gasteiger partial charge in [-0.05, 0) is 32.1 Å². The standard InChI is InChI=1S/C16H33NO3/c1-3-16(14-8-6-5-7-9-14)17-12-15(18)13-20-11-10-19-4-2/h14-18H,3-13H2,1-2H3. The molecule has 1 fully saturated rings. The molecule has 2 N–H and O–H groups in total. The first kappa shape index (κ1) is 17.9. The van der Waals surface area contributed by atoms with Crippen molar-refractivity contribution in [1.82, 2.24) is 5.32 Å². The Hall–Kier alpha value is -0.160. The van der Waals surface area contributed by atoms with Crippen molar-refractivity contribution in [3.05, 3.63) is 0 Å². The molecule has 0 heterocycles. The minimum Gasteiger partial charge on any atom is -0.389 e. The van der Waals surface area contributed by atoms with Gasteiger partial charge in [-0.25, -0.2) is 0 Å². The van der Waals surface area contributed by atoms with Crippen molar-refractivity contribution in [3.8, 4) is 0 Å². The van der Waals surface area contributed by atoms with Crippen LogP contribution in [0.1, 0.15) is 52.4 Å². The Morgan fingerprint density at radius 3 is 2.45 bits per heavy atom. The first-order chi connectivity index (χ1) is 9.77. The van der Waals surface area contributed by atoms with E-state index in [0.717, 1.165) is 12.3 Å². The molecule has 0 amide bonds. The van der Waals surface area contributed by atoms with Crippen molar-refractivity contribution in [2.24, 2.45) is 5.92 Å². The Labute approximate surface area is 124 Å². The normalized spacial score (nSPS) is 19.9. The van der Waals surface area contributed by atoms with Crippen LogP contribution in [0.4, 0.5) is 0 Å². The zero-order chi connectivity index (χ0) is 14.6. The highest BCUT2D eigenvalue weighted by molar-refractivity contribution is 4.79. The van der Waals surface area contributed by atoms with Crippen molar-refractivity contribution in [2.75, 3.05) is 33.0 Å². The molecule has 120 valence electrons. The summed E-state index contributed by atoms with van der Waals surface area (Å²) in [5.41, 5.74) is 0. The fourth-order valence-electron chi connectivity index (χ4n) is 3.01. The van der Waals surface area contributed by atoms with E-state index in [-0.39, 0.29) is 0 Å². The van der Waals surface area contributed by atoms with Gasteiger partial charge in [0.15, 0.2) is 0 Å². The van der Waals surface area contributed by atoms with E-state index in [1.54, 1.807) is 0 Å². The molecular formula is C16H33NO3. The summed E-state index contributed by atoms with van der Waals surface area (Å²) in [5.74, 6) is 0.792. The van der Waals surface area contributed by atoms with Crippen molar-refractivity contribution < 1.29 is 14.6 Å². The maximum Gasteiger partial charge on any atom is 0.0897 e. The zero-order valence-corrected chi connectivity index (χ0v) is 13.3. The topological polar surface area (TPSA) is 50.7 Å². The third-order valence-corrected chi connectivity index (χ3v) is 4.16. The number of hydrogen-bond acceptors (Lipinski definition) is 4. The predicted octanol–water partition coefficient (Wildman–Crippen LogP) is 2.35. The van der Waals surface area contributed by atoms with E-state index < -0.39 is 6.10 Å². The SMILES string of the molecule is CCOCCOCC(O)CNC(CC)C1CCCCC1. The molecule has 1 rings (SSSR count). The maximum absolute atomic E-state index is 9.92. The summed E-state index contributed by atoms with van der Waals surface area (Å²) >= 11 is 0. The van der Waals surface area contributed by atoms with Crippen molar-refractivity contribution in [2.45, 2.75) is 64.5 Å². The Kier molecular flexibility index (Phi) is 10.3. The molecule has 1 saturated carbocycles. The van der Waals surface area contributed by atoms with Crippen LogP contribution in [-0.4, -0.2) is 50.2 Å². The van der Waals surface area contributed by atoms with Crippen LogP contribution in [0.2, 0.25) is 0 Å². The minimum absolute atomic E-state index is 0.390. The van der Waals surface area contributed by atoms with Crippen molar-refractivity contribution >= 4 is 0 Å². The number of rotatable bonds is 11. The lowest BCUT2D eigenvalue weighted by Crippen LogP contribution is -2.42. The van der Waals surface area contributed by atoms with Crippen LogP contribution >= 0.6 is 0 Å². The van der Waals surface area contributed by atoms with Gasteiger partial charge in [0, 0.05) is 19.2 Å². The van der Waals surface area contributed by atoms with Gasteiger partial charge in [0.1, 0.15) is 0 Å². The molecule has 2 atom stereocenters. The third-order valence-electron chi connectivity index (χ3n) is 4.16. The first-order valence-electron chi connectivity index (χ1n) is 8.34. The quantitative estimate of drug-likeness (QED) is 0.573. The van der Waals surface area contributed by atoms with Crippen molar-refractivity contribution in [3.63, 3.8) is 0 Å². The van der Waals surface area contributed by atoms with Crippen LogP contribution in [0.3, 0.4) is 0 Å². The molecule has 0 aromatic rings. The number of ether oxygens (including phenoxy) is 2. The van der Waals surface area contributed by atoms with Gasteiger partial charge in [0.2, 0.25) is 0 Å². The van der Waals surface area contributed by atoms with Crippen LogP contribution in [0.15, 0.2) is 0 Å². The molecule has 0 aromatic carbocycles. The summed E-state index contributed by atoms with van der Waals surface area (Å²) in [4.78, 5) is 0. The first-order valence-corrected chi connectivity index (χ1v) is 8.34. The summed E-state index contributed by atoms with van der Waals surface area (Å²) in [6, 6.07) is 0.549. The molecule has 0 aliphatic heterocycles. The molecule has 4 heteroatoms. The lowest BCUT2D eigenvalue weighted by atomic mass is 9.83. The molecule has 0 bridgehead atoms. The molecule has 1 aliphatic carbocycles. The van der Waals surface area contributed by atoms with Crippen LogP contribution in [0.25, 0.3) is 0 Å². The summed E-state index contributed by atoms with van der Waals surface area (Å²) < 4.78 is 10.6. The molecule has 1 aliphatic rings. The van der Waals surface area contributed by atoms with Gasteiger partial charge in [-0.3, -0.25) is 0 Å². The van der Waals surface area contributed by atoms with E-state index in [1.807, 2.05) is 6.92 Å². The third kappa shape index (κ3) is 7.58. The highest BCUT2D eigenvalue weighted by atomic mass is 16.5. The van der Waals surface area contributed by atoms with E-state index >= 15 is 0 Å². The molecule has 2 unspecified atom stereocenters. The highest BCUT2D eigenvalue weighted by Gasteiger charge is 2.22. The van der Waals surface area contributed by atoms with Gasteiger partial charge in [-0.15, -0.1) is 0 Å². The molecule has 4 nitrogen and oxygen atoms in total. The predicted molar refractivity (Wildman–Crippen MR) is 82.0 cm³/mol. The van der Waals surface area contributed by atoms with Gasteiger partial charge in [-0.1, -0.05) is 26.2 Å². The van der Waals surface area contributed by atoms with E-state index in [9.17, 15) is 5.11 Å². The fraction of sp³-hybridized carbons (Fsp3) is 1.00. The van der Waals surface area contributed by atoms with Gasteiger partial charge in [0.05, 0.1) is 25.9 Å². The summed E-state index contributed by atoms with van der Waals surface area (Å²) in [6.45, 7) is 7.10. The van der Waals surface area contributed by atoms with E-state index in [0.29, 0.717) is 39.0 Å². The largest absolute Gasteiger partial charge is 0.389 e. The second-order valence-electron chi connectivity index (χ2n) is 5.75. The van der Waals surface area contributed by atoms with Gasteiger partial charge in [0.25, 0.3) is 0 Å². The summed E-state index contributed by atoms with van der Waals surface area (Å²) in [7, 11) is 0. The van der Waals surface area contributed by atoms with Gasteiger partial charge in [-0.2, -0.15) is 0 Å². The minimum atomic E-state index is -0.422. The van der Waals surface area contributed by atoms with E-state index in [4.69, 9.17) is 9.47 Å². The van der Waals surface area contributed by atoms with Gasteiger partial charge < -0.3 is 19.9 Å². The lowest BCUT2D eigenvalue weighted by Gasteiger charge is -2.31. The monoisotopic (exact) mass is 287 g/mol. The Morgan fingerprint density at radius 1 is 1.10 bits per heavy atom. The molecular weight excluding hydrogens is 254 g/mol. The summed E-state index contributed by atoms with van der Waals surface area (Å²) in [5, 5.41) is 13.4. The lowest BCUT2D eigenvalue weighted by molar-refractivity contribution is 0.00487. The van der Waals surface area contributed by atoms with Crippen LogP contribution in [-0.2, 0) is 9.47 Å². The highest BCUT2D eigenvalue weighted by Crippen LogP contribution is 2.27. The van der Waals surface area contributed by atoms with Crippen molar-refractivity contribution in [1.29, 1.82) is 0 Å². The van der Waals surface area contributed by atoms with Gasteiger partial charge >= 0.3 is 0 Å². The van der Waals surface area contributed by atoms with Crippen LogP contribution in [0, 0.1) is 5.92 Å². The fourth-order valence-corrected chi connectivity index (χ4v) is 3.01. The Balaban J connectivity index is 2.09. The number of aliphatic hydroxyl groups excluding tert-OH is 1. The molecule has 0 radical (unpaired) electrons. The summed E-state index contributed by atoms with van der Waals surface area (Å²) in [6.07, 6.45) is 7.53. The molecule has 0 spiro atoms. The van der Waals surface area contributed by atoms with E-state index in [2.05, 4.69) is 12.2 Å².